The van der Waals surface area contributed by atoms with Gasteiger partial charge in [0.1, 0.15) is 5.75 Å². The zero-order valence-electron chi connectivity index (χ0n) is 13.3. The first-order valence-corrected chi connectivity index (χ1v) is 7.97. The number of ether oxygens (including phenoxy) is 1. The molecule has 2 rings (SSSR count). The second-order valence-corrected chi connectivity index (χ2v) is 5.83. The molecule has 0 atom stereocenters. The molecular weight excluding hydrogens is 312 g/mol. The summed E-state index contributed by atoms with van der Waals surface area (Å²) < 4.78 is 5.73. The van der Waals surface area contributed by atoms with Gasteiger partial charge in [-0.2, -0.15) is 0 Å². The molecule has 2 aromatic carbocycles. The van der Waals surface area contributed by atoms with Gasteiger partial charge in [0.05, 0.1) is 11.8 Å². The molecule has 0 aliphatic rings. The maximum atomic E-state index is 12.0. The average molecular weight is 333 g/mol. The first-order chi connectivity index (χ1) is 11.0. The molecule has 0 spiro atoms. The van der Waals surface area contributed by atoms with Gasteiger partial charge in [-0.3, -0.25) is 4.79 Å². The fourth-order valence-electron chi connectivity index (χ4n) is 2.07. The quantitative estimate of drug-likeness (QED) is 0.781. The lowest BCUT2D eigenvalue weighted by atomic mass is 10.2. The Morgan fingerprint density at radius 1 is 1.17 bits per heavy atom. The summed E-state index contributed by atoms with van der Waals surface area (Å²) in [6, 6.07) is 14.8. The van der Waals surface area contributed by atoms with Crippen LogP contribution < -0.4 is 15.4 Å². The van der Waals surface area contributed by atoms with Gasteiger partial charge in [0, 0.05) is 23.7 Å². The topological polar surface area (TPSA) is 50.4 Å². The Bertz CT molecular complexity index is 659. The van der Waals surface area contributed by atoms with Gasteiger partial charge in [0.25, 0.3) is 0 Å². The van der Waals surface area contributed by atoms with Crippen LogP contribution in [-0.4, -0.2) is 18.6 Å². The number of anilines is 2. The number of benzene rings is 2. The molecule has 0 aromatic heterocycles. The molecule has 0 heterocycles. The Balaban J connectivity index is 1.84. The lowest BCUT2D eigenvalue weighted by molar-refractivity contribution is -0.115. The lowest BCUT2D eigenvalue weighted by Crippen LogP contribution is -2.16. The molecular formula is C18H21ClN2O2. The minimum Gasteiger partial charge on any atom is -0.489 e. The second kappa shape index (κ2) is 8.44. The number of rotatable bonds is 7. The van der Waals surface area contributed by atoms with Gasteiger partial charge in [-0.1, -0.05) is 29.8 Å². The maximum absolute atomic E-state index is 12.0. The van der Waals surface area contributed by atoms with E-state index < -0.39 is 0 Å². The maximum Gasteiger partial charge on any atom is 0.226 e. The van der Waals surface area contributed by atoms with Crippen molar-refractivity contribution in [2.24, 2.45) is 0 Å². The molecule has 0 unspecified atom stereocenters. The van der Waals surface area contributed by atoms with Gasteiger partial charge in [-0.25, -0.2) is 0 Å². The third kappa shape index (κ3) is 5.83. The smallest absolute Gasteiger partial charge is 0.226 e. The average Bonchev–Trinajstić information content (AvgIpc) is 2.48. The molecule has 0 fully saturated rings. The fourth-order valence-corrected chi connectivity index (χ4v) is 2.26. The predicted octanol–water partition coefficient (Wildman–Crippen LogP) is 4.57. The van der Waals surface area contributed by atoms with Crippen LogP contribution in [0.4, 0.5) is 11.4 Å². The van der Waals surface area contributed by atoms with Crippen LogP contribution in [0.3, 0.4) is 0 Å². The van der Waals surface area contributed by atoms with Gasteiger partial charge >= 0.3 is 0 Å². The summed E-state index contributed by atoms with van der Waals surface area (Å²) >= 11 is 5.89. The van der Waals surface area contributed by atoms with E-state index in [9.17, 15) is 4.79 Å². The van der Waals surface area contributed by atoms with Crippen molar-refractivity contribution in [1.82, 2.24) is 0 Å². The highest BCUT2D eigenvalue weighted by molar-refractivity contribution is 6.30. The van der Waals surface area contributed by atoms with E-state index in [0.717, 1.165) is 11.4 Å². The van der Waals surface area contributed by atoms with Crippen LogP contribution in [0.25, 0.3) is 0 Å². The molecule has 1 amide bonds. The van der Waals surface area contributed by atoms with Gasteiger partial charge in [-0.05, 0) is 44.2 Å². The third-order valence-corrected chi connectivity index (χ3v) is 3.26. The molecule has 0 saturated heterocycles. The van der Waals surface area contributed by atoms with Gasteiger partial charge < -0.3 is 15.4 Å². The van der Waals surface area contributed by atoms with Crippen LogP contribution in [0.1, 0.15) is 20.3 Å². The Labute approximate surface area is 141 Å². The van der Waals surface area contributed by atoms with E-state index in [0.29, 0.717) is 23.7 Å². The van der Waals surface area contributed by atoms with Crippen molar-refractivity contribution in [2.75, 3.05) is 17.2 Å². The van der Waals surface area contributed by atoms with Crippen molar-refractivity contribution in [1.29, 1.82) is 0 Å². The van der Waals surface area contributed by atoms with Crippen molar-refractivity contribution < 1.29 is 9.53 Å². The molecule has 0 saturated carbocycles. The molecule has 0 bridgehead atoms. The van der Waals surface area contributed by atoms with Crippen LogP contribution in [-0.2, 0) is 4.79 Å². The van der Waals surface area contributed by atoms with Gasteiger partial charge in [-0.15, -0.1) is 0 Å². The number of halogens is 1. The monoisotopic (exact) mass is 332 g/mol. The van der Waals surface area contributed by atoms with Crippen LogP contribution in [0.5, 0.6) is 5.75 Å². The van der Waals surface area contributed by atoms with Crippen molar-refractivity contribution in [2.45, 2.75) is 26.4 Å². The lowest BCUT2D eigenvalue weighted by Gasteiger charge is -2.15. The molecule has 2 aromatic rings. The van der Waals surface area contributed by atoms with Crippen molar-refractivity contribution in [3.63, 3.8) is 0 Å². The normalized spacial score (nSPS) is 10.4. The zero-order chi connectivity index (χ0) is 16.7. The highest BCUT2D eigenvalue weighted by Crippen LogP contribution is 2.24. The highest BCUT2D eigenvalue weighted by atomic mass is 35.5. The zero-order valence-corrected chi connectivity index (χ0v) is 14.1. The van der Waals surface area contributed by atoms with E-state index in [4.69, 9.17) is 16.3 Å². The molecule has 0 aliphatic carbocycles. The number of carbonyl (C=O) groups is 1. The van der Waals surface area contributed by atoms with E-state index in [1.165, 1.54) is 0 Å². The SMILES string of the molecule is CC(C)Oc1ccccc1NCCC(=O)Nc1cccc(Cl)c1. The minimum absolute atomic E-state index is 0.0676. The van der Waals surface area contributed by atoms with Crippen molar-refractivity contribution in [3.8, 4) is 5.75 Å². The number of hydrogen-bond donors (Lipinski definition) is 2. The minimum atomic E-state index is -0.0676. The number of hydrogen-bond acceptors (Lipinski definition) is 3. The van der Waals surface area contributed by atoms with E-state index >= 15 is 0 Å². The Morgan fingerprint density at radius 3 is 2.70 bits per heavy atom. The molecule has 0 radical (unpaired) electrons. The summed E-state index contributed by atoms with van der Waals surface area (Å²) in [6.45, 7) is 4.48. The Kier molecular flexibility index (Phi) is 6.29. The Hall–Kier alpha value is -2.20. The van der Waals surface area contributed by atoms with Crippen LogP contribution >= 0.6 is 11.6 Å². The summed E-state index contributed by atoms with van der Waals surface area (Å²) in [6.07, 6.45) is 0.451. The van der Waals surface area contributed by atoms with E-state index in [-0.39, 0.29) is 12.0 Å². The molecule has 122 valence electrons. The molecule has 2 N–H and O–H groups in total. The van der Waals surface area contributed by atoms with E-state index in [1.54, 1.807) is 18.2 Å². The number of nitrogens with one attached hydrogen (secondary N) is 2. The first-order valence-electron chi connectivity index (χ1n) is 7.59. The summed E-state index contributed by atoms with van der Waals surface area (Å²) in [5.74, 6) is 0.722. The predicted molar refractivity (Wildman–Crippen MR) is 95.4 cm³/mol. The van der Waals surface area contributed by atoms with E-state index in [1.807, 2.05) is 44.2 Å². The standard InChI is InChI=1S/C18H21ClN2O2/c1-13(2)23-17-9-4-3-8-16(17)20-11-10-18(22)21-15-7-5-6-14(19)12-15/h3-9,12-13,20H,10-11H2,1-2H3,(H,21,22). The number of para-hydroxylation sites is 2. The van der Waals surface area contributed by atoms with Gasteiger partial charge in [0.15, 0.2) is 0 Å². The summed E-state index contributed by atoms with van der Waals surface area (Å²) in [5, 5.41) is 6.65. The van der Waals surface area contributed by atoms with E-state index in [2.05, 4.69) is 10.6 Å². The molecule has 5 heteroatoms. The summed E-state index contributed by atoms with van der Waals surface area (Å²) in [7, 11) is 0. The second-order valence-electron chi connectivity index (χ2n) is 5.40. The number of amides is 1. The first kappa shape index (κ1) is 17.2. The highest BCUT2D eigenvalue weighted by Gasteiger charge is 2.06. The number of carbonyl (C=O) groups excluding carboxylic acids is 1. The van der Waals surface area contributed by atoms with Crippen molar-refractivity contribution >= 4 is 28.9 Å². The van der Waals surface area contributed by atoms with Crippen LogP contribution in [0.15, 0.2) is 48.5 Å². The molecule has 4 nitrogen and oxygen atoms in total. The fraction of sp³-hybridized carbons (Fsp3) is 0.278. The van der Waals surface area contributed by atoms with Crippen LogP contribution in [0.2, 0.25) is 5.02 Å². The molecule has 23 heavy (non-hydrogen) atoms. The molecule has 0 aliphatic heterocycles. The summed E-state index contributed by atoms with van der Waals surface area (Å²) in [5.41, 5.74) is 1.59. The Morgan fingerprint density at radius 2 is 1.96 bits per heavy atom. The van der Waals surface area contributed by atoms with Gasteiger partial charge in [0.2, 0.25) is 5.91 Å². The van der Waals surface area contributed by atoms with Crippen LogP contribution in [0, 0.1) is 0 Å². The largest absolute Gasteiger partial charge is 0.489 e. The summed E-state index contributed by atoms with van der Waals surface area (Å²) in [4.78, 5) is 12.0. The van der Waals surface area contributed by atoms with Crippen molar-refractivity contribution in [3.05, 3.63) is 53.6 Å². The third-order valence-electron chi connectivity index (χ3n) is 3.03.